The van der Waals surface area contributed by atoms with Crippen molar-refractivity contribution < 1.29 is 9.13 Å². The molecule has 2 nitrogen and oxygen atoms in total. The molecule has 1 aliphatic heterocycles. The van der Waals surface area contributed by atoms with Crippen LogP contribution in [0.25, 0.3) is 0 Å². The Bertz CT molecular complexity index is 729. The third-order valence-electron chi connectivity index (χ3n) is 5.42. The lowest BCUT2D eigenvalue weighted by Crippen LogP contribution is -2.28. The zero-order valence-corrected chi connectivity index (χ0v) is 13.6. The van der Waals surface area contributed by atoms with E-state index in [0.717, 1.165) is 18.5 Å². The lowest BCUT2D eigenvalue weighted by Gasteiger charge is -2.22. The molecule has 0 spiro atoms. The van der Waals surface area contributed by atoms with E-state index in [1.165, 1.54) is 16.7 Å². The van der Waals surface area contributed by atoms with Crippen molar-refractivity contribution in [3.05, 3.63) is 70.5 Å². The zero-order valence-electron chi connectivity index (χ0n) is 13.6. The van der Waals surface area contributed by atoms with Crippen LogP contribution in [0.2, 0.25) is 0 Å². The summed E-state index contributed by atoms with van der Waals surface area (Å²) in [6, 6.07) is 13.8. The van der Waals surface area contributed by atoms with E-state index >= 15 is 0 Å². The number of benzene rings is 2. The highest BCUT2D eigenvalue weighted by atomic mass is 19.1. The van der Waals surface area contributed by atoms with Crippen LogP contribution in [0.1, 0.15) is 41.2 Å². The fourth-order valence-electron chi connectivity index (χ4n) is 4.27. The molecule has 2 aromatic carbocycles. The summed E-state index contributed by atoms with van der Waals surface area (Å²) < 4.78 is 20.3. The van der Waals surface area contributed by atoms with Crippen molar-refractivity contribution >= 4 is 0 Å². The Morgan fingerprint density at radius 2 is 1.91 bits per heavy atom. The van der Waals surface area contributed by atoms with Crippen molar-refractivity contribution in [1.29, 1.82) is 0 Å². The fraction of sp³-hybridized carbons (Fsp3) is 0.400. The fourth-order valence-corrected chi connectivity index (χ4v) is 4.27. The molecule has 2 aromatic rings. The van der Waals surface area contributed by atoms with Gasteiger partial charge in [-0.25, -0.2) is 4.39 Å². The van der Waals surface area contributed by atoms with Crippen molar-refractivity contribution in [3.63, 3.8) is 0 Å². The van der Waals surface area contributed by atoms with Crippen LogP contribution in [0.5, 0.6) is 0 Å². The number of hydrogen-bond acceptors (Lipinski definition) is 2. The molecule has 0 saturated carbocycles. The summed E-state index contributed by atoms with van der Waals surface area (Å²) in [7, 11) is 1.95. The molecule has 1 heterocycles. The molecule has 4 rings (SSSR count). The van der Waals surface area contributed by atoms with Gasteiger partial charge in [0, 0.05) is 12.5 Å². The molecule has 1 aliphatic carbocycles. The Morgan fingerprint density at radius 3 is 2.74 bits per heavy atom. The maximum Gasteiger partial charge on any atom is 0.123 e. The van der Waals surface area contributed by atoms with E-state index < -0.39 is 0 Å². The van der Waals surface area contributed by atoms with E-state index in [1.54, 1.807) is 12.1 Å². The smallest absolute Gasteiger partial charge is 0.123 e. The second kappa shape index (κ2) is 5.73. The maximum absolute atomic E-state index is 13.9. The minimum absolute atomic E-state index is 0.0577. The molecule has 1 fully saturated rings. The van der Waals surface area contributed by atoms with Gasteiger partial charge in [-0.2, -0.15) is 0 Å². The first-order chi connectivity index (χ1) is 11.2. The third-order valence-corrected chi connectivity index (χ3v) is 5.42. The van der Waals surface area contributed by atoms with Gasteiger partial charge < -0.3 is 10.1 Å². The van der Waals surface area contributed by atoms with Crippen LogP contribution in [-0.2, 0) is 11.2 Å². The van der Waals surface area contributed by atoms with Gasteiger partial charge in [0.15, 0.2) is 0 Å². The number of halogens is 1. The van der Waals surface area contributed by atoms with Gasteiger partial charge >= 0.3 is 0 Å². The standard InChI is InChI=1S/C20H22FNO/c1-12-18(11-22-2)23-20-17-10-15(21)8-7-14(17)9-13-5-3-4-6-16(13)19(12)20/h3-8,10,12,18-20,22H,9,11H2,1-2H3/t12?,18-,19+,20+/m1/s1. The molecular weight excluding hydrogens is 289 g/mol. The summed E-state index contributed by atoms with van der Waals surface area (Å²) in [6.07, 6.45) is 0.945. The Hall–Kier alpha value is -1.71. The van der Waals surface area contributed by atoms with Gasteiger partial charge in [-0.3, -0.25) is 0 Å². The molecule has 4 atom stereocenters. The Balaban J connectivity index is 1.88. The number of likely N-dealkylation sites (N-methyl/N-ethyl adjacent to an activating group) is 1. The third kappa shape index (κ3) is 2.39. The largest absolute Gasteiger partial charge is 0.368 e. The van der Waals surface area contributed by atoms with Crippen LogP contribution in [0, 0.1) is 11.7 Å². The lowest BCUT2D eigenvalue weighted by atomic mass is 9.80. The molecule has 0 bridgehead atoms. The zero-order chi connectivity index (χ0) is 16.0. The van der Waals surface area contributed by atoms with Crippen LogP contribution >= 0.6 is 0 Å². The summed E-state index contributed by atoms with van der Waals surface area (Å²) in [6.45, 7) is 3.08. The van der Waals surface area contributed by atoms with Gasteiger partial charge in [-0.05, 0) is 53.8 Å². The van der Waals surface area contributed by atoms with E-state index in [9.17, 15) is 4.39 Å². The van der Waals surface area contributed by atoms with Crippen molar-refractivity contribution in [2.75, 3.05) is 13.6 Å². The van der Waals surface area contributed by atoms with E-state index in [1.807, 2.05) is 13.1 Å². The second-order valence-corrected chi connectivity index (χ2v) is 6.76. The first-order valence-electron chi connectivity index (χ1n) is 8.35. The number of hydrogen-bond donors (Lipinski definition) is 1. The van der Waals surface area contributed by atoms with Crippen molar-refractivity contribution in [2.24, 2.45) is 5.92 Å². The predicted octanol–water partition coefficient (Wildman–Crippen LogP) is 3.81. The summed E-state index contributed by atoms with van der Waals surface area (Å²) in [5, 5.41) is 3.23. The molecule has 23 heavy (non-hydrogen) atoms. The van der Waals surface area contributed by atoms with E-state index in [2.05, 4.69) is 36.5 Å². The highest BCUT2D eigenvalue weighted by molar-refractivity contribution is 5.45. The summed E-state index contributed by atoms with van der Waals surface area (Å²) in [5.41, 5.74) is 4.91. The SMILES string of the molecule is CNC[C@H]1O[C@H]2c3cc(F)ccc3Cc3ccccc3[C@@H]2C1C. The van der Waals surface area contributed by atoms with E-state index in [-0.39, 0.29) is 23.9 Å². The Labute approximate surface area is 136 Å². The highest BCUT2D eigenvalue weighted by Crippen LogP contribution is 2.51. The van der Waals surface area contributed by atoms with Gasteiger partial charge in [-0.15, -0.1) is 0 Å². The molecule has 3 heteroatoms. The normalized spacial score (nSPS) is 28.7. The Morgan fingerprint density at radius 1 is 1.13 bits per heavy atom. The molecule has 1 saturated heterocycles. The molecule has 1 N–H and O–H groups in total. The average Bonchev–Trinajstić information content (AvgIpc) is 2.79. The van der Waals surface area contributed by atoms with Gasteiger partial charge in [0.05, 0.1) is 12.2 Å². The summed E-state index contributed by atoms with van der Waals surface area (Å²) >= 11 is 0. The maximum atomic E-state index is 13.9. The first kappa shape index (κ1) is 14.9. The van der Waals surface area contributed by atoms with Crippen LogP contribution in [0.4, 0.5) is 4.39 Å². The molecular formula is C20H22FNO. The second-order valence-electron chi connectivity index (χ2n) is 6.76. The van der Waals surface area contributed by atoms with Crippen LogP contribution < -0.4 is 5.32 Å². The predicted molar refractivity (Wildman–Crippen MR) is 89.1 cm³/mol. The quantitative estimate of drug-likeness (QED) is 0.910. The molecule has 0 aromatic heterocycles. The van der Waals surface area contributed by atoms with Crippen LogP contribution in [0.3, 0.4) is 0 Å². The first-order valence-corrected chi connectivity index (χ1v) is 8.35. The lowest BCUT2D eigenvalue weighted by molar-refractivity contribution is 0.0344. The Kier molecular flexibility index (Phi) is 3.70. The number of ether oxygens (including phenoxy) is 1. The van der Waals surface area contributed by atoms with E-state index in [4.69, 9.17) is 4.74 Å². The molecule has 120 valence electrons. The van der Waals surface area contributed by atoms with Crippen molar-refractivity contribution in [1.82, 2.24) is 5.32 Å². The van der Waals surface area contributed by atoms with Gasteiger partial charge in [0.1, 0.15) is 5.82 Å². The summed E-state index contributed by atoms with van der Waals surface area (Å²) in [5.74, 6) is 0.497. The molecule has 0 amide bonds. The van der Waals surface area contributed by atoms with Crippen LogP contribution in [0.15, 0.2) is 42.5 Å². The molecule has 1 unspecified atom stereocenters. The van der Waals surface area contributed by atoms with Crippen molar-refractivity contribution in [3.8, 4) is 0 Å². The topological polar surface area (TPSA) is 21.3 Å². The number of fused-ring (bicyclic) bond motifs is 5. The summed E-state index contributed by atoms with van der Waals surface area (Å²) in [4.78, 5) is 0. The monoisotopic (exact) mass is 311 g/mol. The van der Waals surface area contributed by atoms with Crippen molar-refractivity contribution in [2.45, 2.75) is 31.5 Å². The van der Waals surface area contributed by atoms with Gasteiger partial charge in [-0.1, -0.05) is 37.3 Å². The number of nitrogens with one attached hydrogen (secondary N) is 1. The van der Waals surface area contributed by atoms with E-state index in [0.29, 0.717) is 5.92 Å². The number of rotatable bonds is 2. The highest BCUT2D eigenvalue weighted by Gasteiger charge is 2.45. The van der Waals surface area contributed by atoms with Gasteiger partial charge in [0.25, 0.3) is 0 Å². The van der Waals surface area contributed by atoms with Crippen LogP contribution in [-0.4, -0.2) is 19.7 Å². The average molecular weight is 311 g/mol. The van der Waals surface area contributed by atoms with Gasteiger partial charge in [0.2, 0.25) is 0 Å². The minimum atomic E-state index is -0.179. The molecule has 2 aliphatic rings. The minimum Gasteiger partial charge on any atom is -0.368 e. The molecule has 0 radical (unpaired) electrons.